The van der Waals surface area contributed by atoms with Gasteiger partial charge in [0.25, 0.3) is 0 Å². The molecular formula is C29H28O4. The van der Waals surface area contributed by atoms with Crippen LogP contribution in [0.1, 0.15) is 53.4 Å². The number of phenolic OH excluding ortho intramolecular Hbond substituents is 4. The molecule has 0 aliphatic heterocycles. The van der Waals surface area contributed by atoms with Crippen molar-refractivity contribution in [1.82, 2.24) is 0 Å². The topological polar surface area (TPSA) is 80.9 Å². The Labute approximate surface area is 194 Å². The van der Waals surface area contributed by atoms with Crippen molar-refractivity contribution in [3.8, 4) is 23.0 Å². The highest BCUT2D eigenvalue weighted by Gasteiger charge is 2.24. The van der Waals surface area contributed by atoms with Crippen LogP contribution in [-0.4, -0.2) is 20.4 Å². The van der Waals surface area contributed by atoms with Gasteiger partial charge in [-0.3, -0.25) is 0 Å². The molecule has 0 heterocycles. The highest BCUT2D eigenvalue weighted by atomic mass is 16.3. The molecule has 4 heteroatoms. The Morgan fingerprint density at radius 3 is 0.879 bits per heavy atom. The predicted molar refractivity (Wildman–Crippen MR) is 130 cm³/mol. The highest BCUT2D eigenvalue weighted by molar-refractivity contribution is 5.47. The normalized spacial score (nSPS) is 11.2. The van der Waals surface area contributed by atoms with Crippen LogP contribution >= 0.6 is 0 Å². The lowest BCUT2D eigenvalue weighted by atomic mass is 9.82. The Morgan fingerprint density at radius 1 is 0.394 bits per heavy atom. The highest BCUT2D eigenvalue weighted by Crippen LogP contribution is 2.42. The monoisotopic (exact) mass is 440 g/mol. The SMILES string of the molecule is Oc1ccccc1C(CCCC(c1ccccc1O)c1ccccc1O)c1ccccc1O. The molecule has 4 aromatic rings. The Balaban J connectivity index is 1.64. The van der Waals surface area contributed by atoms with E-state index in [-0.39, 0.29) is 34.8 Å². The summed E-state index contributed by atoms with van der Waals surface area (Å²) < 4.78 is 0. The first kappa shape index (κ1) is 22.3. The number of hydrogen-bond acceptors (Lipinski definition) is 4. The van der Waals surface area contributed by atoms with E-state index < -0.39 is 0 Å². The molecule has 168 valence electrons. The number of rotatable bonds is 8. The van der Waals surface area contributed by atoms with Gasteiger partial charge in [0.1, 0.15) is 23.0 Å². The summed E-state index contributed by atoms with van der Waals surface area (Å²) in [5.74, 6) is 0.406. The maximum Gasteiger partial charge on any atom is 0.119 e. The maximum absolute atomic E-state index is 10.5. The van der Waals surface area contributed by atoms with Crippen LogP contribution in [0.4, 0.5) is 0 Å². The second kappa shape index (κ2) is 10.1. The van der Waals surface area contributed by atoms with Crippen molar-refractivity contribution in [1.29, 1.82) is 0 Å². The molecule has 0 amide bonds. The standard InChI is InChI=1S/C29H28O4/c30-26-16-5-1-10-22(26)20(23-11-2-6-17-27(23)31)14-9-15-21(24-12-3-7-18-28(24)32)25-13-4-8-19-29(25)33/h1-8,10-13,16-21,30-33H,9,14-15H2. The molecule has 0 saturated heterocycles. The fourth-order valence-electron chi connectivity index (χ4n) is 4.61. The van der Waals surface area contributed by atoms with Crippen LogP contribution in [0.2, 0.25) is 0 Å². The molecule has 4 nitrogen and oxygen atoms in total. The van der Waals surface area contributed by atoms with Gasteiger partial charge in [-0.2, -0.15) is 0 Å². The van der Waals surface area contributed by atoms with Gasteiger partial charge in [0.05, 0.1) is 0 Å². The molecule has 0 aromatic heterocycles. The van der Waals surface area contributed by atoms with Crippen LogP contribution in [-0.2, 0) is 0 Å². The van der Waals surface area contributed by atoms with E-state index in [9.17, 15) is 20.4 Å². The fraction of sp³-hybridized carbons (Fsp3) is 0.172. The maximum atomic E-state index is 10.5. The molecule has 4 rings (SSSR count). The molecular weight excluding hydrogens is 412 g/mol. The van der Waals surface area contributed by atoms with Gasteiger partial charge in [0.15, 0.2) is 0 Å². The first-order valence-corrected chi connectivity index (χ1v) is 11.2. The molecule has 0 unspecified atom stereocenters. The van der Waals surface area contributed by atoms with Crippen LogP contribution in [0.3, 0.4) is 0 Å². The lowest BCUT2D eigenvalue weighted by Gasteiger charge is -2.23. The minimum absolute atomic E-state index is 0.193. The fourth-order valence-corrected chi connectivity index (χ4v) is 4.61. The van der Waals surface area contributed by atoms with Crippen molar-refractivity contribution in [3.05, 3.63) is 119 Å². The number of aromatic hydroxyl groups is 4. The molecule has 0 saturated carbocycles. The Kier molecular flexibility index (Phi) is 6.84. The number of phenols is 4. The van der Waals surface area contributed by atoms with Crippen LogP contribution in [0, 0.1) is 0 Å². The quantitative estimate of drug-likeness (QED) is 0.247. The third-order valence-corrected chi connectivity index (χ3v) is 6.23. The van der Waals surface area contributed by atoms with Crippen molar-refractivity contribution in [2.45, 2.75) is 31.1 Å². The molecule has 33 heavy (non-hydrogen) atoms. The molecule has 0 radical (unpaired) electrons. The Morgan fingerprint density at radius 2 is 0.636 bits per heavy atom. The minimum Gasteiger partial charge on any atom is -0.508 e. The summed E-state index contributed by atoms with van der Waals surface area (Å²) in [6.07, 6.45) is 2.08. The van der Waals surface area contributed by atoms with E-state index in [1.54, 1.807) is 48.5 Å². The zero-order valence-electron chi connectivity index (χ0n) is 18.3. The van der Waals surface area contributed by atoms with Gasteiger partial charge >= 0.3 is 0 Å². The summed E-state index contributed by atoms with van der Waals surface area (Å²) in [7, 11) is 0. The van der Waals surface area contributed by atoms with Crippen LogP contribution in [0.15, 0.2) is 97.1 Å². The van der Waals surface area contributed by atoms with Crippen molar-refractivity contribution >= 4 is 0 Å². The van der Waals surface area contributed by atoms with Gasteiger partial charge in [-0.15, -0.1) is 0 Å². The smallest absolute Gasteiger partial charge is 0.119 e. The van der Waals surface area contributed by atoms with Crippen molar-refractivity contribution in [2.24, 2.45) is 0 Å². The first-order valence-electron chi connectivity index (χ1n) is 11.2. The van der Waals surface area contributed by atoms with E-state index >= 15 is 0 Å². The van der Waals surface area contributed by atoms with E-state index in [2.05, 4.69) is 0 Å². The second-order valence-electron chi connectivity index (χ2n) is 8.27. The van der Waals surface area contributed by atoms with Crippen molar-refractivity contribution < 1.29 is 20.4 Å². The average Bonchev–Trinajstić information content (AvgIpc) is 2.82. The van der Waals surface area contributed by atoms with Gasteiger partial charge in [-0.25, -0.2) is 0 Å². The number of benzene rings is 4. The second-order valence-corrected chi connectivity index (χ2v) is 8.27. The summed E-state index contributed by atoms with van der Waals surface area (Å²) >= 11 is 0. The van der Waals surface area contributed by atoms with Gasteiger partial charge < -0.3 is 20.4 Å². The molecule has 0 fully saturated rings. The van der Waals surface area contributed by atoms with E-state index in [0.717, 1.165) is 28.7 Å². The first-order chi connectivity index (χ1) is 16.1. The number of hydrogen-bond donors (Lipinski definition) is 4. The van der Waals surface area contributed by atoms with Gasteiger partial charge in [0.2, 0.25) is 0 Å². The molecule has 4 aromatic carbocycles. The molecule has 0 aliphatic carbocycles. The lowest BCUT2D eigenvalue weighted by molar-refractivity contribution is 0.441. The molecule has 0 spiro atoms. The summed E-state index contributed by atoms with van der Waals surface area (Å²) in [5, 5.41) is 42.1. The molecule has 4 N–H and O–H groups in total. The zero-order chi connectivity index (χ0) is 23.2. The summed E-state index contributed by atoms with van der Waals surface area (Å²) in [5.41, 5.74) is 3.06. The van der Waals surface area contributed by atoms with Crippen molar-refractivity contribution in [2.75, 3.05) is 0 Å². The average molecular weight is 441 g/mol. The summed E-state index contributed by atoms with van der Waals surface area (Å²) in [4.78, 5) is 0. The van der Waals surface area contributed by atoms with Crippen molar-refractivity contribution in [3.63, 3.8) is 0 Å². The third-order valence-electron chi connectivity index (χ3n) is 6.23. The minimum atomic E-state index is -0.193. The van der Waals surface area contributed by atoms with Crippen LogP contribution < -0.4 is 0 Å². The van der Waals surface area contributed by atoms with E-state index in [1.165, 1.54) is 0 Å². The van der Waals surface area contributed by atoms with Gasteiger partial charge in [0, 0.05) is 34.1 Å². The largest absolute Gasteiger partial charge is 0.508 e. The zero-order valence-corrected chi connectivity index (χ0v) is 18.3. The molecule has 0 aliphatic rings. The van der Waals surface area contributed by atoms with Gasteiger partial charge in [-0.1, -0.05) is 79.2 Å². The molecule has 0 bridgehead atoms. The third kappa shape index (κ3) is 4.96. The van der Waals surface area contributed by atoms with E-state index in [1.807, 2.05) is 48.5 Å². The predicted octanol–water partition coefficient (Wildman–Crippen LogP) is 6.64. The van der Waals surface area contributed by atoms with E-state index in [4.69, 9.17) is 0 Å². The Bertz CT molecular complexity index is 1030. The molecule has 0 atom stereocenters. The lowest BCUT2D eigenvalue weighted by Crippen LogP contribution is -2.06. The number of para-hydroxylation sites is 4. The summed E-state index contributed by atoms with van der Waals surface area (Å²) in [6, 6.07) is 28.9. The van der Waals surface area contributed by atoms with E-state index in [0.29, 0.717) is 12.8 Å². The summed E-state index contributed by atoms with van der Waals surface area (Å²) in [6.45, 7) is 0. The van der Waals surface area contributed by atoms with Crippen LogP contribution in [0.25, 0.3) is 0 Å². The Hall–Kier alpha value is -3.92. The van der Waals surface area contributed by atoms with Gasteiger partial charge in [-0.05, 0) is 37.1 Å². The van der Waals surface area contributed by atoms with Crippen LogP contribution in [0.5, 0.6) is 23.0 Å².